The Hall–Kier alpha value is -1.66. The van der Waals surface area contributed by atoms with Gasteiger partial charge in [-0.15, -0.1) is 0 Å². The van der Waals surface area contributed by atoms with Crippen molar-refractivity contribution in [2.75, 3.05) is 32.8 Å². The largest absolute Gasteiger partial charge is 0.389 e. The summed E-state index contributed by atoms with van der Waals surface area (Å²) in [5.74, 6) is 1.13. The van der Waals surface area contributed by atoms with Gasteiger partial charge in [-0.1, -0.05) is 12.1 Å². The maximum absolute atomic E-state index is 13.1. The zero-order chi connectivity index (χ0) is 17.2. The van der Waals surface area contributed by atoms with Crippen molar-refractivity contribution in [1.82, 2.24) is 10.6 Å². The molecule has 0 radical (unpaired) electrons. The highest BCUT2D eigenvalue weighted by atomic mass is 19.1. The molecule has 1 unspecified atom stereocenters. The molecule has 1 aliphatic carbocycles. The number of hydrogen-bond acceptors (Lipinski definition) is 3. The molecule has 0 saturated heterocycles. The summed E-state index contributed by atoms with van der Waals surface area (Å²) in [5, 5.41) is 16.2. The van der Waals surface area contributed by atoms with Crippen LogP contribution in [0.5, 0.6) is 0 Å². The Labute approximate surface area is 143 Å². The van der Waals surface area contributed by atoms with Gasteiger partial charge >= 0.3 is 0 Å². The molecule has 0 spiro atoms. The number of aliphatic imine (C=N–C) groups is 1. The van der Waals surface area contributed by atoms with Crippen LogP contribution in [0.4, 0.5) is 4.39 Å². The molecule has 1 aromatic rings. The highest BCUT2D eigenvalue weighted by Gasteiger charge is 2.21. The highest BCUT2D eigenvalue weighted by Crippen LogP contribution is 2.28. The van der Waals surface area contributed by atoms with Crippen molar-refractivity contribution in [3.05, 3.63) is 35.6 Å². The monoisotopic (exact) mass is 337 g/mol. The first kappa shape index (κ1) is 18.7. The molecule has 3 N–H and O–H groups in total. The second-order valence-corrected chi connectivity index (χ2v) is 6.16. The van der Waals surface area contributed by atoms with Gasteiger partial charge in [0.25, 0.3) is 0 Å². The first-order valence-electron chi connectivity index (χ1n) is 8.69. The summed E-state index contributed by atoms with van der Waals surface area (Å²) in [5.41, 5.74) is 0.937. The number of hydrogen-bond donors (Lipinski definition) is 3. The predicted octanol–water partition coefficient (Wildman–Crippen LogP) is 1.71. The Kier molecular flexibility index (Phi) is 7.98. The maximum Gasteiger partial charge on any atom is 0.191 e. The van der Waals surface area contributed by atoms with E-state index in [1.165, 1.54) is 25.0 Å². The van der Waals surface area contributed by atoms with Crippen molar-refractivity contribution in [1.29, 1.82) is 0 Å². The summed E-state index contributed by atoms with van der Waals surface area (Å²) < 4.78 is 18.6. The molecular weight excluding hydrogens is 309 g/mol. The van der Waals surface area contributed by atoms with Crippen LogP contribution >= 0.6 is 0 Å². The topological polar surface area (TPSA) is 65.9 Å². The van der Waals surface area contributed by atoms with Crippen LogP contribution in [-0.4, -0.2) is 50.0 Å². The Balaban J connectivity index is 1.68. The summed E-state index contributed by atoms with van der Waals surface area (Å²) in [4.78, 5) is 4.37. The molecule has 134 valence electrons. The van der Waals surface area contributed by atoms with E-state index in [1.807, 2.05) is 13.0 Å². The van der Waals surface area contributed by atoms with Crippen molar-refractivity contribution in [2.24, 2.45) is 10.9 Å². The summed E-state index contributed by atoms with van der Waals surface area (Å²) in [7, 11) is 0. The van der Waals surface area contributed by atoms with E-state index in [0.29, 0.717) is 38.0 Å². The molecule has 0 bridgehead atoms. The summed E-state index contributed by atoms with van der Waals surface area (Å²) >= 11 is 0. The summed E-state index contributed by atoms with van der Waals surface area (Å²) in [6.07, 6.45) is 2.60. The molecule has 0 heterocycles. The van der Waals surface area contributed by atoms with E-state index < -0.39 is 6.10 Å². The second kappa shape index (κ2) is 10.3. The van der Waals surface area contributed by atoms with Gasteiger partial charge in [-0.25, -0.2) is 4.39 Å². The Bertz CT molecular complexity index is 521. The molecule has 1 aromatic carbocycles. The van der Waals surface area contributed by atoms with Crippen molar-refractivity contribution >= 4 is 5.96 Å². The van der Waals surface area contributed by atoms with Crippen LogP contribution in [0.2, 0.25) is 0 Å². The fourth-order valence-corrected chi connectivity index (χ4v) is 2.26. The van der Waals surface area contributed by atoms with Crippen molar-refractivity contribution < 1.29 is 14.2 Å². The van der Waals surface area contributed by atoms with Crippen LogP contribution in [0.3, 0.4) is 0 Å². The van der Waals surface area contributed by atoms with Gasteiger partial charge in [0.05, 0.1) is 19.3 Å². The number of guanidine groups is 1. The molecule has 0 aliphatic heterocycles. The smallest absolute Gasteiger partial charge is 0.191 e. The van der Waals surface area contributed by atoms with Gasteiger partial charge in [-0.3, -0.25) is 4.99 Å². The Morgan fingerprint density at radius 3 is 2.96 bits per heavy atom. The number of ether oxygens (including phenoxy) is 1. The molecular formula is C18H28FN3O2. The van der Waals surface area contributed by atoms with Crippen LogP contribution in [0, 0.1) is 11.7 Å². The van der Waals surface area contributed by atoms with E-state index in [1.54, 1.807) is 6.07 Å². The standard InChI is InChI=1S/C18H28FN3O2/c1-2-20-18(21-9-8-14-4-3-5-16(19)10-14)22-11-17(23)13-24-12-15-6-7-15/h3-5,10,15,17,23H,2,6-9,11-13H2,1H3,(H2,20,21,22). The predicted molar refractivity (Wildman–Crippen MR) is 93.6 cm³/mol. The van der Waals surface area contributed by atoms with E-state index >= 15 is 0 Å². The van der Waals surface area contributed by atoms with Gasteiger partial charge in [0, 0.05) is 19.7 Å². The lowest BCUT2D eigenvalue weighted by Gasteiger charge is -2.13. The minimum atomic E-state index is -0.595. The number of nitrogens with one attached hydrogen (secondary N) is 2. The first-order chi connectivity index (χ1) is 11.7. The third kappa shape index (κ3) is 7.75. The lowest BCUT2D eigenvalue weighted by Crippen LogP contribution is -2.39. The zero-order valence-corrected chi connectivity index (χ0v) is 14.3. The molecule has 2 rings (SSSR count). The van der Waals surface area contributed by atoms with Crippen LogP contribution in [0.1, 0.15) is 25.3 Å². The number of aliphatic hydroxyl groups is 1. The number of rotatable bonds is 10. The van der Waals surface area contributed by atoms with E-state index in [2.05, 4.69) is 15.6 Å². The number of benzene rings is 1. The normalized spacial score (nSPS) is 16.0. The number of nitrogens with zero attached hydrogens (tertiary/aromatic N) is 1. The van der Waals surface area contributed by atoms with Gasteiger partial charge in [0.1, 0.15) is 5.82 Å². The van der Waals surface area contributed by atoms with Crippen LogP contribution < -0.4 is 10.6 Å². The molecule has 6 heteroatoms. The van der Waals surface area contributed by atoms with E-state index in [9.17, 15) is 9.50 Å². The maximum atomic E-state index is 13.1. The SMILES string of the molecule is CCNC(=NCC(O)COCC1CC1)NCCc1cccc(F)c1. The van der Waals surface area contributed by atoms with E-state index in [4.69, 9.17) is 4.74 Å². The third-order valence-corrected chi connectivity index (χ3v) is 3.76. The Morgan fingerprint density at radius 1 is 1.42 bits per heavy atom. The molecule has 5 nitrogen and oxygen atoms in total. The molecule has 1 aliphatic rings. The Morgan fingerprint density at radius 2 is 2.25 bits per heavy atom. The molecule has 1 saturated carbocycles. The van der Waals surface area contributed by atoms with Crippen LogP contribution in [-0.2, 0) is 11.2 Å². The fourth-order valence-electron chi connectivity index (χ4n) is 2.26. The molecule has 1 atom stereocenters. The van der Waals surface area contributed by atoms with Gasteiger partial charge in [-0.2, -0.15) is 0 Å². The van der Waals surface area contributed by atoms with Gasteiger partial charge in [0.2, 0.25) is 0 Å². The van der Waals surface area contributed by atoms with Crippen LogP contribution in [0.25, 0.3) is 0 Å². The molecule has 1 fully saturated rings. The minimum absolute atomic E-state index is 0.220. The number of halogens is 1. The highest BCUT2D eigenvalue weighted by molar-refractivity contribution is 5.79. The molecule has 0 amide bonds. The van der Waals surface area contributed by atoms with Crippen molar-refractivity contribution in [3.63, 3.8) is 0 Å². The third-order valence-electron chi connectivity index (χ3n) is 3.76. The summed E-state index contributed by atoms with van der Waals surface area (Å²) in [6, 6.07) is 6.58. The molecule has 24 heavy (non-hydrogen) atoms. The quantitative estimate of drug-likeness (QED) is 0.449. The van der Waals surface area contributed by atoms with Crippen molar-refractivity contribution in [3.8, 4) is 0 Å². The van der Waals surface area contributed by atoms with Gasteiger partial charge in [-0.05, 0) is 49.8 Å². The lowest BCUT2D eigenvalue weighted by molar-refractivity contribution is 0.0368. The van der Waals surface area contributed by atoms with E-state index in [0.717, 1.165) is 18.7 Å². The van der Waals surface area contributed by atoms with Gasteiger partial charge in [0.15, 0.2) is 5.96 Å². The first-order valence-corrected chi connectivity index (χ1v) is 8.69. The second-order valence-electron chi connectivity index (χ2n) is 6.16. The molecule has 0 aromatic heterocycles. The lowest BCUT2D eigenvalue weighted by atomic mass is 10.1. The average Bonchev–Trinajstić information content (AvgIpc) is 3.37. The summed E-state index contributed by atoms with van der Waals surface area (Å²) in [6.45, 7) is 4.72. The fraction of sp³-hybridized carbons (Fsp3) is 0.611. The van der Waals surface area contributed by atoms with E-state index in [-0.39, 0.29) is 5.82 Å². The van der Waals surface area contributed by atoms with Gasteiger partial charge < -0.3 is 20.5 Å². The minimum Gasteiger partial charge on any atom is -0.389 e. The van der Waals surface area contributed by atoms with Crippen molar-refractivity contribution in [2.45, 2.75) is 32.3 Å². The zero-order valence-electron chi connectivity index (χ0n) is 14.3. The average molecular weight is 337 g/mol. The number of aliphatic hydroxyl groups excluding tert-OH is 1. The van der Waals surface area contributed by atoms with Crippen LogP contribution in [0.15, 0.2) is 29.3 Å².